The van der Waals surface area contributed by atoms with E-state index in [-0.39, 0.29) is 16.5 Å². The van der Waals surface area contributed by atoms with E-state index in [1.807, 2.05) is 0 Å². The van der Waals surface area contributed by atoms with Crippen LogP contribution in [0.25, 0.3) is 0 Å². The van der Waals surface area contributed by atoms with Crippen LogP contribution in [0, 0.1) is 17.7 Å². The summed E-state index contributed by atoms with van der Waals surface area (Å²) in [6, 6.07) is 10.1. The van der Waals surface area contributed by atoms with Crippen LogP contribution in [0.5, 0.6) is 0 Å². The van der Waals surface area contributed by atoms with Crippen molar-refractivity contribution in [2.45, 2.75) is 4.90 Å². The summed E-state index contributed by atoms with van der Waals surface area (Å²) in [5, 5.41) is 0.293. The molecule has 0 aliphatic heterocycles. The lowest BCUT2D eigenvalue weighted by Crippen LogP contribution is -2.24. The summed E-state index contributed by atoms with van der Waals surface area (Å²) >= 11 is 11.4. The van der Waals surface area contributed by atoms with Gasteiger partial charge in [-0.05, 0) is 36.4 Å². The third-order valence-corrected chi connectivity index (χ3v) is 4.53. The molecule has 0 atom stereocenters. The number of hydrogen-bond acceptors (Lipinski definition) is 2. The fourth-order valence-electron chi connectivity index (χ4n) is 1.57. The minimum absolute atomic E-state index is 0.0934. The summed E-state index contributed by atoms with van der Waals surface area (Å²) in [6.07, 6.45) is 0. The summed E-state index contributed by atoms with van der Waals surface area (Å²) in [5.74, 6) is 4.78. The Hall–Kier alpha value is -1.58. The molecule has 114 valence electrons. The second-order valence-corrected chi connectivity index (χ2v) is 6.82. The molecule has 0 heterocycles. The largest absolute Gasteiger partial charge is 0.241 e. The molecule has 0 spiro atoms. The minimum atomic E-state index is -3.79. The maximum Gasteiger partial charge on any atom is 0.241 e. The maximum atomic E-state index is 13.0. The van der Waals surface area contributed by atoms with Gasteiger partial charge in [-0.3, -0.25) is 0 Å². The van der Waals surface area contributed by atoms with Gasteiger partial charge in [0.2, 0.25) is 10.0 Å². The van der Waals surface area contributed by atoms with Gasteiger partial charge in [-0.25, -0.2) is 12.8 Å². The second-order valence-electron chi connectivity index (χ2n) is 4.21. The Bertz CT molecular complexity index is 857. The van der Waals surface area contributed by atoms with Crippen LogP contribution in [0.15, 0.2) is 47.4 Å². The van der Waals surface area contributed by atoms with Crippen molar-refractivity contribution in [2.24, 2.45) is 0 Å². The van der Waals surface area contributed by atoms with E-state index in [0.29, 0.717) is 10.6 Å². The van der Waals surface area contributed by atoms with Crippen LogP contribution in [0.2, 0.25) is 10.0 Å². The van der Waals surface area contributed by atoms with Crippen LogP contribution < -0.4 is 4.72 Å². The van der Waals surface area contributed by atoms with Crippen molar-refractivity contribution in [2.75, 3.05) is 6.54 Å². The van der Waals surface area contributed by atoms with E-state index in [9.17, 15) is 12.8 Å². The topological polar surface area (TPSA) is 46.2 Å². The van der Waals surface area contributed by atoms with Gasteiger partial charge in [-0.15, -0.1) is 0 Å². The highest BCUT2D eigenvalue weighted by molar-refractivity contribution is 7.89. The first-order chi connectivity index (χ1) is 10.4. The van der Waals surface area contributed by atoms with Crippen molar-refractivity contribution in [3.63, 3.8) is 0 Å². The summed E-state index contributed by atoms with van der Waals surface area (Å²) in [6.45, 7) is -0.0934. The molecular formula is C15H10Cl2FNO2S. The molecule has 0 bridgehead atoms. The van der Waals surface area contributed by atoms with Gasteiger partial charge < -0.3 is 0 Å². The third-order valence-electron chi connectivity index (χ3n) is 2.61. The Morgan fingerprint density at radius 2 is 1.91 bits per heavy atom. The first kappa shape index (κ1) is 16.8. The van der Waals surface area contributed by atoms with Gasteiger partial charge >= 0.3 is 0 Å². The lowest BCUT2D eigenvalue weighted by atomic mass is 10.2. The first-order valence-corrected chi connectivity index (χ1v) is 8.31. The van der Waals surface area contributed by atoms with E-state index in [0.717, 1.165) is 18.2 Å². The van der Waals surface area contributed by atoms with Gasteiger partial charge in [0.05, 0.1) is 16.5 Å². The van der Waals surface area contributed by atoms with E-state index in [1.165, 1.54) is 0 Å². The smallest absolute Gasteiger partial charge is 0.207 e. The van der Waals surface area contributed by atoms with Crippen molar-refractivity contribution in [1.29, 1.82) is 0 Å². The average Bonchev–Trinajstić information content (AvgIpc) is 2.46. The normalized spacial score (nSPS) is 10.9. The van der Waals surface area contributed by atoms with Crippen molar-refractivity contribution in [3.05, 3.63) is 63.9 Å². The number of hydrogen-bond donors (Lipinski definition) is 1. The highest BCUT2D eigenvalue weighted by Gasteiger charge is 2.14. The molecule has 2 aromatic carbocycles. The Labute approximate surface area is 138 Å². The summed E-state index contributed by atoms with van der Waals surface area (Å²) in [7, 11) is -3.79. The van der Waals surface area contributed by atoms with E-state index in [1.54, 1.807) is 24.3 Å². The molecule has 0 amide bonds. The van der Waals surface area contributed by atoms with Gasteiger partial charge in [0.25, 0.3) is 0 Å². The molecule has 7 heteroatoms. The predicted molar refractivity (Wildman–Crippen MR) is 84.9 cm³/mol. The zero-order valence-corrected chi connectivity index (χ0v) is 13.4. The van der Waals surface area contributed by atoms with Gasteiger partial charge in [0.15, 0.2) is 0 Å². The minimum Gasteiger partial charge on any atom is -0.207 e. The second kappa shape index (κ2) is 7.12. The van der Waals surface area contributed by atoms with Crippen molar-refractivity contribution in [1.82, 2.24) is 4.72 Å². The zero-order valence-electron chi connectivity index (χ0n) is 11.1. The fourth-order valence-corrected chi connectivity index (χ4v) is 2.96. The van der Waals surface area contributed by atoms with E-state index in [4.69, 9.17) is 23.2 Å². The standard InChI is InChI=1S/C15H10Cl2FNO2S/c16-12-5-1-3-11(9-12)4-2-8-19-22(20,21)13-6-7-15(18)14(17)10-13/h1,3,5-7,9-10,19H,8H2. The summed E-state index contributed by atoms with van der Waals surface area (Å²) in [5.41, 5.74) is 0.677. The van der Waals surface area contributed by atoms with Crippen LogP contribution >= 0.6 is 23.2 Å². The maximum absolute atomic E-state index is 13.0. The van der Waals surface area contributed by atoms with Crippen LogP contribution in [0.1, 0.15) is 5.56 Å². The molecule has 0 fully saturated rings. The quantitative estimate of drug-likeness (QED) is 0.855. The third kappa shape index (κ3) is 4.46. The molecule has 1 N–H and O–H groups in total. The van der Waals surface area contributed by atoms with Crippen LogP contribution in [0.3, 0.4) is 0 Å². The first-order valence-electron chi connectivity index (χ1n) is 6.08. The number of rotatable bonds is 3. The van der Waals surface area contributed by atoms with Crippen LogP contribution in [-0.4, -0.2) is 15.0 Å². The Balaban J connectivity index is 2.06. The van der Waals surface area contributed by atoms with E-state index >= 15 is 0 Å². The molecular weight excluding hydrogens is 348 g/mol. The number of sulfonamides is 1. The molecule has 3 nitrogen and oxygen atoms in total. The average molecular weight is 358 g/mol. The number of benzene rings is 2. The molecule has 0 radical (unpaired) electrons. The van der Waals surface area contributed by atoms with E-state index in [2.05, 4.69) is 16.6 Å². The zero-order chi connectivity index (χ0) is 16.2. The van der Waals surface area contributed by atoms with Gasteiger partial charge in [-0.1, -0.05) is 41.1 Å². The molecule has 0 aliphatic carbocycles. The fraction of sp³-hybridized carbons (Fsp3) is 0.0667. The van der Waals surface area contributed by atoms with Gasteiger partial charge in [0, 0.05) is 10.6 Å². The number of halogens is 3. The van der Waals surface area contributed by atoms with Crippen molar-refractivity contribution < 1.29 is 12.8 Å². The Morgan fingerprint density at radius 3 is 2.59 bits per heavy atom. The molecule has 2 rings (SSSR count). The van der Waals surface area contributed by atoms with Crippen molar-refractivity contribution in [3.8, 4) is 11.8 Å². The molecule has 0 saturated heterocycles. The van der Waals surface area contributed by atoms with E-state index < -0.39 is 15.8 Å². The van der Waals surface area contributed by atoms with Gasteiger partial charge in [-0.2, -0.15) is 4.72 Å². The van der Waals surface area contributed by atoms with Crippen LogP contribution in [0.4, 0.5) is 4.39 Å². The lowest BCUT2D eigenvalue weighted by Gasteiger charge is -2.04. The Kier molecular flexibility index (Phi) is 5.43. The molecule has 22 heavy (non-hydrogen) atoms. The highest BCUT2D eigenvalue weighted by Crippen LogP contribution is 2.19. The number of nitrogens with one attached hydrogen (secondary N) is 1. The molecule has 0 aliphatic rings. The molecule has 0 saturated carbocycles. The monoisotopic (exact) mass is 357 g/mol. The SMILES string of the molecule is O=S(=O)(NCC#Cc1cccc(Cl)c1)c1ccc(F)c(Cl)c1. The summed E-state index contributed by atoms with van der Waals surface area (Å²) < 4.78 is 39.3. The van der Waals surface area contributed by atoms with Crippen LogP contribution in [-0.2, 0) is 10.0 Å². The Morgan fingerprint density at radius 1 is 1.14 bits per heavy atom. The lowest BCUT2D eigenvalue weighted by molar-refractivity contribution is 0.585. The highest BCUT2D eigenvalue weighted by atomic mass is 35.5. The van der Waals surface area contributed by atoms with Gasteiger partial charge in [0.1, 0.15) is 5.82 Å². The molecule has 2 aromatic rings. The van der Waals surface area contributed by atoms with Crippen molar-refractivity contribution >= 4 is 33.2 Å². The molecule has 0 aromatic heterocycles. The summed E-state index contributed by atoms with van der Waals surface area (Å²) in [4.78, 5) is -0.122. The molecule has 0 unspecified atom stereocenters. The predicted octanol–water partition coefficient (Wildman–Crippen LogP) is 3.46.